The van der Waals surface area contributed by atoms with Crippen molar-refractivity contribution in [3.63, 3.8) is 0 Å². The lowest BCUT2D eigenvalue weighted by Crippen LogP contribution is -1.92. The molecule has 0 nitrogen and oxygen atoms in total. The van der Waals surface area contributed by atoms with E-state index in [0.717, 1.165) is 0 Å². The lowest BCUT2D eigenvalue weighted by atomic mass is 10.0. The zero-order valence-electron chi connectivity index (χ0n) is 8.67. The molecule has 0 bridgehead atoms. The molecule has 0 aliphatic rings. The largest absolute Gasteiger partial charge is 0.0985 e. The second-order valence-corrected chi connectivity index (χ2v) is 4.95. The molecule has 0 radical (unpaired) electrons. The molecule has 1 aromatic rings. The van der Waals surface area contributed by atoms with Gasteiger partial charge in [-0.05, 0) is 17.5 Å². The Morgan fingerprint density at radius 3 is 2.79 bits per heavy atom. The van der Waals surface area contributed by atoms with Crippen molar-refractivity contribution in [3.8, 4) is 0 Å². The minimum atomic E-state index is 0.627. The first-order chi connectivity index (χ1) is 6.79. The van der Waals surface area contributed by atoms with Gasteiger partial charge in [0.05, 0.1) is 0 Å². The van der Waals surface area contributed by atoms with E-state index in [1.54, 1.807) is 0 Å². The van der Waals surface area contributed by atoms with Crippen LogP contribution in [-0.2, 0) is 0 Å². The van der Waals surface area contributed by atoms with E-state index in [1.807, 2.05) is 6.08 Å². The summed E-state index contributed by atoms with van der Waals surface area (Å²) in [4.78, 5) is 0. The van der Waals surface area contributed by atoms with Gasteiger partial charge in [0.2, 0.25) is 0 Å². The molecule has 14 heavy (non-hydrogen) atoms. The maximum atomic E-state index is 3.85. The monoisotopic (exact) mass is 300 g/mol. The molecule has 0 heterocycles. The molecule has 0 amide bonds. The Bertz CT molecular complexity index is 291. The molecule has 0 aromatic heterocycles. The molecule has 1 unspecified atom stereocenters. The summed E-state index contributed by atoms with van der Waals surface area (Å²) < 4.78 is 0.627. The molecular weight excluding hydrogens is 283 g/mol. The van der Waals surface area contributed by atoms with Crippen LogP contribution in [0.1, 0.15) is 41.2 Å². The lowest BCUT2D eigenvalue weighted by Gasteiger charge is -2.12. The highest BCUT2D eigenvalue weighted by molar-refractivity contribution is 14.1. The van der Waals surface area contributed by atoms with Crippen molar-refractivity contribution in [1.29, 1.82) is 0 Å². The SMILES string of the molecule is C=Cc1ccccc1C(I)CCCC. The van der Waals surface area contributed by atoms with Crippen molar-refractivity contribution in [2.75, 3.05) is 0 Å². The maximum Gasteiger partial charge on any atom is 0.0365 e. The Hall–Kier alpha value is -0.310. The first-order valence-electron chi connectivity index (χ1n) is 5.15. The van der Waals surface area contributed by atoms with E-state index in [9.17, 15) is 0 Å². The fourth-order valence-electron chi connectivity index (χ4n) is 1.52. The number of unbranched alkanes of at least 4 members (excludes halogenated alkanes) is 1. The lowest BCUT2D eigenvalue weighted by molar-refractivity contribution is 0.720. The maximum absolute atomic E-state index is 3.85. The van der Waals surface area contributed by atoms with Gasteiger partial charge in [0, 0.05) is 3.92 Å². The van der Waals surface area contributed by atoms with Crippen LogP contribution in [0.3, 0.4) is 0 Å². The van der Waals surface area contributed by atoms with Gasteiger partial charge in [-0.2, -0.15) is 0 Å². The third kappa shape index (κ3) is 3.12. The molecule has 1 heteroatoms. The summed E-state index contributed by atoms with van der Waals surface area (Å²) in [7, 11) is 0. The van der Waals surface area contributed by atoms with E-state index in [-0.39, 0.29) is 0 Å². The van der Waals surface area contributed by atoms with E-state index in [1.165, 1.54) is 30.4 Å². The van der Waals surface area contributed by atoms with E-state index < -0.39 is 0 Å². The Labute approximate surface area is 101 Å². The average molecular weight is 300 g/mol. The molecule has 1 atom stereocenters. The second kappa shape index (κ2) is 6.23. The van der Waals surface area contributed by atoms with Crippen molar-refractivity contribution in [2.45, 2.75) is 30.1 Å². The van der Waals surface area contributed by atoms with Crippen LogP contribution < -0.4 is 0 Å². The highest BCUT2D eigenvalue weighted by atomic mass is 127. The third-order valence-electron chi connectivity index (χ3n) is 2.36. The molecule has 0 saturated carbocycles. The van der Waals surface area contributed by atoms with E-state index in [2.05, 4.69) is 60.4 Å². The Kier molecular flexibility index (Phi) is 5.23. The number of hydrogen-bond donors (Lipinski definition) is 0. The van der Waals surface area contributed by atoms with Crippen molar-refractivity contribution >= 4 is 28.7 Å². The molecule has 76 valence electrons. The average Bonchev–Trinajstić information content (AvgIpc) is 2.25. The second-order valence-electron chi connectivity index (χ2n) is 3.44. The van der Waals surface area contributed by atoms with Gasteiger partial charge in [0.1, 0.15) is 0 Å². The molecule has 0 aliphatic carbocycles. The highest BCUT2D eigenvalue weighted by Gasteiger charge is 2.08. The zero-order chi connectivity index (χ0) is 10.4. The first kappa shape index (κ1) is 11.8. The Morgan fingerprint density at radius 1 is 1.43 bits per heavy atom. The summed E-state index contributed by atoms with van der Waals surface area (Å²) in [5.41, 5.74) is 2.71. The summed E-state index contributed by atoms with van der Waals surface area (Å²) in [5.74, 6) is 0. The van der Waals surface area contributed by atoms with E-state index in [4.69, 9.17) is 0 Å². The Balaban J connectivity index is 2.77. The number of rotatable bonds is 5. The van der Waals surface area contributed by atoms with Crippen LogP contribution in [0.25, 0.3) is 6.08 Å². The highest BCUT2D eigenvalue weighted by Crippen LogP contribution is 2.31. The van der Waals surface area contributed by atoms with Crippen LogP contribution in [0.5, 0.6) is 0 Å². The number of alkyl halides is 1. The zero-order valence-corrected chi connectivity index (χ0v) is 10.8. The number of benzene rings is 1. The normalized spacial score (nSPS) is 12.4. The fraction of sp³-hybridized carbons (Fsp3) is 0.385. The van der Waals surface area contributed by atoms with Crippen molar-refractivity contribution in [3.05, 3.63) is 42.0 Å². The smallest absolute Gasteiger partial charge is 0.0365 e. The molecule has 1 aromatic carbocycles. The van der Waals surface area contributed by atoms with Gasteiger partial charge in [-0.1, -0.05) is 79.3 Å². The quantitative estimate of drug-likeness (QED) is 0.530. The van der Waals surface area contributed by atoms with Gasteiger partial charge < -0.3 is 0 Å². The van der Waals surface area contributed by atoms with Crippen molar-refractivity contribution in [2.24, 2.45) is 0 Å². The van der Waals surface area contributed by atoms with Crippen LogP contribution in [0.2, 0.25) is 0 Å². The topological polar surface area (TPSA) is 0 Å². The summed E-state index contributed by atoms with van der Waals surface area (Å²) in [6.07, 6.45) is 5.80. The van der Waals surface area contributed by atoms with E-state index in [0.29, 0.717) is 3.92 Å². The van der Waals surface area contributed by atoms with Crippen molar-refractivity contribution in [1.82, 2.24) is 0 Å². The van der Waals surface area contributed by atoms with Gasteiger partial charge >= 0.3 is 0 Å². The fourth-order valence-corrected chi connectivity index (χ4v) is 2.53. The minimum Gasteiger partial charge on any atom is -0.0985 e. The van der Waals surface area contributed by atoms with Crippen LogP contribution in [0.15, 0.2) is 30.8 Å². The van der Waals surface area contributed by atoms with Crippen LogP contribution in [-0.4, -0.2) is 0 Å². The molecule has 0 fully saturated rings. The summed E-state index contributed by atoms with van der Waals surface area (Å²) in [5, 5.41) is 0. The van der Waals surface area contributed by atoms with Crippen LogP contribution in [0.4, 0.5) is 0 Å². The predicted molar refractivity (Wildman–Crippen MR) is 72.8 cm³/mol. The molecule has 0 saturated heterocycles. The number of halogens is 1. The van der Waals surface area contributed by atoms with Gasteiger partial charge in [-0.3, -0.25) is 0 Å². The Morgan fingerprint density at radius 2 is 2.14 bits per heavy atom. The van der Waals surface area contributed by atoms with E-state index >= 15 is 0 Å². The molecule has 0 N–H and O–H groups in total. The minimum absolute atomic E-state index is 0.627. The summed E-state index contributed by atoms with van der Waals surface area (Å²) in [6.45, 7) is 6.09. The standard InChI is InChI=1S/C13H17I/c1-3-5-10-13(14)12-9-7-6-8-11(12)4-2/h4,6-9,13H,2-3,5,10H2,1H3. The van der Waals surface area contributed by atoms with Crippen molar-refractivity contribution < 1.29 is 0 Å². The van der Waals surface area contributed by atoms with Gasteiger partial charge in [0.15, 0.2) is 0 Å². The van der Waals surface area contributed by atoms with Gasteiger partial charge in [-0.15, -0.1) is 0 Å². The molecule has 0 spiro atoms. The molecular formula is C13H17I. The molecule has 0 aliphatic heterocycles. The summed E-state index contributed by atoms with van der Waals surface area (Å²) >= 11 is 2.53. The number of hydrogen-bond acceptors (Lipinski definition) is 0. The predicted octanol–water partition coefficient (Wildman–Crippen LogP) is 5.00. The summed E-state index contributed by atoms with van der Waals surface area (Å²) in [6, 6.07) is 8.54. The van der Waals surface area contributed by atoms with Crippen LogP contribution >= 0.6 is 22.6 Å². The molecule has 1 rings (SSSR count). The van der Waals surface area contributed by atoms with Gasteiger partial charge in [0.25, 0.3) is 0 Å². The first-order valence-corrected chi connectivity index (χ1v) is 6.39. The van der Waals surface area contributed by atoms with Gasteiger partial charge in [-0.25, -0.2) is 0 Å². The van der Waals surface area contributed by atoms with Crippen LogP contribution in [0, 0.1) is 0 Å². The third-order valence-corrected chi connectivity index (χ3v) is 3.66.